The highest BCUT2D eigenvalue weighted by atomic mass is 35.5. The molecule has 1 N–H and O–H groups in total. The van der Waals surface area contributed by atoms with Gasteiger partial charge in [-0.3, -0.25) is 0 Å². The van der Waals surface area contributed by atoms with Crippen molar-refractivity contribution in [3.05, 3.63) is 33.8 Å². The van der Waals surface area contributed by atoms with Crippen LogP contribution in [0.1, 0.15) is 32.3 Å². The third-order valence-electron chi connectivity index (χ3n) is 3.62. The molecule has 0 saturated heterocycles. The Bertz CT molecular complexity index is 381. The van der Waals surface area contributed by atoms with Crippen molar-refractivity contribution in [2.75, 3.05) is 7.11 Å². The van der Waals surface area contributed by atoms with Gasteiger partial charge in [-0.05, 0) is 30.5 Å². The van der Waals surface area contributed by atoms with E-state index < -0.39 is 11.7 Å². The Kier molecular flexibility index (Phi) is 5.93. The molecule has 1 unspecified atom stereocenters. The van der Waals surface area contributed by atoms with Crippen LogP contribution in [0.5, 0.6) is 0 Å². The largest absolute Gasteiger partial charge is 0.390 e. The highest BCUT2D eigenvalue weighted by Crippen LogP contribution is 2.28. The molecule has 0 radical (unpaired) electrons. The van der Waals surface area contributed by atoms with Crippen LogP contribution in [0.25, 0.3) is 0 Å². The number of halogens is 2. The van der Waals surface area contributed by atoms with Crippen molar-refractivity contribution in [1.82, 2.24) is 0 Å². The van der Waals surface area contributed by atoms with Crippen molar-refractivity contribution >= 4 is 23.2 Å². The molecule has 0 aliphatic rings. The van der Waals surface area contributed by atoms with Crippen molar-refractivity contribution in [3.8, 4) is 0 Å². The van der Waals surface area contributed by atoms with Crippen LogP contribution in [0.3, 0.4) is 0 Å². The molecule has 4 heteroatoms. The molecule has 1 aromatic rings. The summed E-state index contributed by atoms with van der Waals surface area (Å²) in [5.41, 5.74) is 0.465. The third kappa shape index (κ3) is 3.39. The zero-order valence-corrected chi connectivity index (χ0v) is 12.6. The van der Waals surface area contributed by atoms with E-state index in [1.807, 2.05) is 19.9 Å². The fourth-order valence-corrected chi connectivity index (χ4v) is 2.54. The van der Waals surface area contributed by atoms with E-state index in [-0.39, 0.29) is 0 Å². The predicted molar refractivity (Wildman–Crippen MR) is 76.5 cm³/mol. The number of rotatable bonds is 6. The Morgan fingerprint density at radius 3 is 2.28 bits per heavy atom. The monoisotopic (exact) mass is 290 g/mol. The number of ether oxygens (including phenoxy) is 1. The van der Waals surface area contributed by atoms with Gasteiger partial charge >= 0.3 is 0 Å². The SMILES string of the molecule is CCC(CC)(OC)C(O)Cc1ccc(Cl)c(Cl)c1. The molecular formula is C14H20Cl2O2. The molecule has 0 aliphatic carbocycles. The van der Waals surface area contributed by atoms with Crippen LogP contribution < -0.4 is 0 Å². The fraction of sp³-hybridized carbons (Fsp3) is 0.571. The lowest BCUT2D eigenvalue weighted by Gasteiger charge is -2.35. The Labute approximate surface area is 119 Å². The average molecular weight is 291 g/mol. The van der Waals surface area contributed by atoms with Crippen LogP contribution in [0.4, 0.5) is 0 Å². The van der Waals surface area contributed by atoms with Gasteiger partial charge in [0.2, 0.25) is 0 Å². The minimum atomic E-state index is -0.560. The summed E-state index contributed by atoms with van der Waals surface area (Å²) in [5, 5.41) is 11.4. The summed E-state index contributed by atoms with van der Waals surface area (Å²) < 4.78 is 5.52. The summed E-state index contributed by atoms with van der Waals surface area (Å²) in [4.78, 5) is 0. The Morgan fingerprint density at radius 2 is 1.83 bits per heavy atom. The van der Waals surface area contributed by atoms with E-state index in [1.165, 1.54) is 0 Å². The Balaban J connectivity index is 2.85. The Hall–Kier alpha value is -0.280. The molecule has 0 spiro atoms. The van der Waals surface area contributed by atoms with E-state index in [4.69, 9.17) is 27.9 Å². The number of methoxy groups -OCH3 is 1. The van der Waals surface area contributed by atoms with Gasteiger partial charge in [-0.1, -0.05) is 43.1 Å². The minimum absolute atomic E-state index is 0.494. The molecule has 0 bridgehead atoms. The van der Waals surface area contributed by atoms with Crippen molar-refractivity contribution < 1.29 is 9.84 Å². The van der Waals surface area contributed by atoms with Crippen LogP contribution in [0, 0.1) is 0 Å². The molecule has 18 heavy (non-hydrogen) atoms. The zero-order chi connectivity index (χ0) is 13.8. The molecule has 102 valence electrons. The van der Waals surface area contributed by atoms with Crippen molar-refractivity contribution in [1.29, 1.82) is 0 Å². The summed E-state index contributed by atoms with van der Waals surface area (Å²) in [6.07, 6.45) is 1.48. The van der Waals surface area contributed by atoms with Crippen molar-refractivity contribution in [2.45, 2.75) is 44.8 Å². The van der Waals surface area contributed by atoms with Gasteiger partial charge < -0.3 is 9.84 Å². The van der Waals surface area contributed by atoms with E-state index in [9.17, 15) is 5.11 Å². The second kappa shape index (κ2) is 6.76. The zero-order valence-electron chi connectivity index (χ0n) is 11.0. The standard InChI is InChI=1S/C14H20Cl2O2/c1-4-14(5-2,18-3)13(17)9-10-6-7-11(15)12(16)8-10/h6-8,13,17H,4-5,9H2,1-3H3. The maximum atomic E-state index is 10.4. The van der Waals surface area contributed by atoms with Gasteiger partial charge in [-0.25, -0.2) is 0 Å². The first-order valence-corrected chi connectivity index (χ1v) is 6.91. The molecule has 0 fully saturated rings. The minimum Gasteiger partial charge on any atom is -0.390 e. The average Bonchev–Trinajstić information content (AvgIpc) is 2.37. The molecule has 1 rings (SSSR count). The number of aliphatic hydroxyl groups is 1. The van der Waals surface area contributed by atoms with Crippen LogP contribution >= 0.6 is 23.2 Å². The molecule has 1 atom stereocenters. The highest BCUT2D eigenvalue weighted by molar-refractivity contribution is 6.42. The maximum Gasteiger partial charge on any atom is 0.0934 e. The number of aliphatic hydroxyl groups excluding tert-OH is 1. The molecule has 0 amide bonds. The second-order valence-corrected chi connectivity index (χ2v) is 5.26. The smallest absolute Gasteiger partial charge is 0.0934 e. The lowest BCUT2D eigenvalue weighted by atomic mass is 9.86. The van der Waals surface area contributed by atoms with Crippen LogP contribution in [0.2, 0.25) is 10.0 Å². The third-order valence-corrected chi connectivity index (χ3v) is 4.36. The number of hydrogen-bond acceptors (Lipinski definition) is 2. The van der Waals surface area contributed by atoms with Gasteiger partial charge in [0, 0.05) is 13.5 Å². The highest BCUT2D eigenvalue weighted by Gasteiger charge is 2.34. The fourth-order valence-electron chi connectivity index (χ4n) is 2.22. The second-order valence-electron chi connectivity index (χ2n) is 4.44. The summed E-state index contributed by atoms with van der Waals surface area (Å²) in [6, 6.07) is 5.42. The first kappa shape index (κ1) is 15.8. The van der Waals surface area contributed by atoms with Gasteiger partial charge in [0.25, 0.3) is 0 Å². The molecule has 0 aromatic heterocycles. The van der Waals surface area contributed by atoms with Crippen LogP contribution in [0.15, 0.2) is 18.2 Å². The van der Waals surface area contributed by atoms with Gasteiger partial charge in [0.1, 0.15) is 0 Å². The molecule has 0 aliphatic heterocycles. The normalized spacial score (nSPS) is 13.7. The van der Waals surface area contributed by atoms with Crippen molar-refractivity contribution in [2.24, 2.45) is 0 Å². The first-order valence-electron chi connectivity index (χ1n) is 6.16. The van der Waals surface area contributed by atoms with Gasteiger partial charge in [0.05, 0.1) is 21.8 Å². The van der Waals surface area contributed by atoms with E-state index in [0.29, 0.717) is 16.5 Å². The van der Waals surface area contributed by atoms with E-state index >= 15 is 0 Å². The lowest BCUT2D eigenvalue weighted by molar-refractivity contribution is -0.106. The summed E-state index contributed by atoms with van der Waals surface area (Å²) in [5.74, 6) is 0. The molecule has 0 saturated carbocycles. The maximum absolute atomic E-state index is 10.4. The van der Waals surface area contributed by atoms with Gasteiger partial charge in [-0.2, -0.15) is 0 Å². The molecule has 2 nitrogen and oxygen atoms in total. The summed E-state index contributed by atoms with van der Waals surface area (Å²) in [6.45, 7) is 4.04. The predicted octanol–water partition coefficient (Wildman–Crippen LogP) is 4.10. The molecule has 1 aromatic carbocycles. The summed E-state index contributed by atoms with van der Waals surface area (Å²) >= 11 is 11.8. The van der Waals surface area contributed by atoms with E-state index in [0.717, 1.165) is 18.4 Å². The van der Waals surface area contributed by atoms with Gasteiger partial charge in [-0.15, -0.1) is 0 Å². The Morgan fingerprint density at radius 1 is 1.22 bits per heavy atom. The lowest BCUT2D eigenvalue weighted by Crippen LogP contribution is -2.44. The van der Waals surface area contributed by atoms with Gasteiger partial charge in [0.15, 0.2) is 0 Å². The van der Waals surface area contributed by atoms with Crippen molar-refractivity contribution in [3.63, 3.8) is 0 Å². The summed E-state index contributed by atoms with van der Waals surface area (Å²) in [7, 11) is 1.64. The van der Waals surface area contributed by atoms with E-state index in [2.05, 4.69) is 0 Å². The van der Waals surface area contributed by atoms with Crippen LogP contribution in [-0.4, -0.2) is 23.9 Å². The van der Waals surface area contributed by atoms with Crippen LogP contribution in [-0.2, 0) is 11.2 Å². The number of benzene rings is 1. The quantitative estimate of drug-likeness (QED) is 0.855. The molecule has 0 heterocycles. The van der Waals surface area contributed by atoms with E-state index in [1.54, 1.807) is 19.2 Å². The molecular weight excluding hydrogens is 271 g/mol. The number of hydrogen-bond donors (Lipinski definition) is 1. The first-order chi connectivity index (χ1) is 8.49. The topological polar surface area (TPSA) is 29.5 Å².